The topological polar surface area (TPSA) is 49.8 Å². The predicted octanol–water partition coefficient (Wildman–Crippen LogP) is 3.06. The Morgan fingerprint density at radius 3 is 2.44 bits per heavy atom. The van der Waals surface area contributed by atoms with E-state index in [1.807, 2.05) is 0 Å². The molecule has 18 heavy (non-hydrogen) atoms. The summed E-state index contributed by atoms with van der Waals surface area (Å²) in [6.45, 7) is 5.26. The van der Waals surface area contributed by atoms with E-state index in [9.17, 15) is 0 Å². The molecule has 0 spiro atoms. The Kier molecular flexibility index (Phi) is 3.10. The first-order valence-electron chi connectivity index (χ1n) is 7.17. The van der Waals surface area contributed by atoms with Crippen molar-refractivity contribution < 1.29 is 0 Å². The molecule has 1 aromatic rings. The van der Waals surface area contributed by atoms with E-state index in [0.717, 1.165) is 30.4 Å². The highest BCUT2D eigenvalue weighted by molar-refractivity contribution is 5.58. The molecule has 2 N–H and O–H groups in total. The molecular formula is C14H22N4. The molecule has 98 valence electrons. The van der Waals surface area contributed by atoms with Crippen LogP contribution in [-0.2, 0) is 0 Å². The van der Waals surface area contributed by atoms with Gasteiger partial charge >= 0.3 is 0 Å². The molecular weight excluding hydrogens is 224 g/mol. The molecule has 4 heteroatoms. The van der Waals surface area contributed by atoms with Gasteiger partial charge in [0.2, 0.25) is 0 Å². The Morgan fingerprint density at radius 1 is 1.11 bits per heavy atom. The standard InChI is InChI=1S/C14H22N4/c1-3-8-15-12-9(2)13(16-11-6-7-11)18-14(17-12)10-4-5-10/h10-11H,3-8H2,1-2H3,(H2,15,16,17,18). The van der Waals surface area contributed by atoms with Gasteiger partial charge in [-0.2, -0.15) is 0 Å². The Morgan fingerprint density at radius 2 is 1.83 bits per heavy atom. The molecule has 0 amide bonds. The first-order valence-corrected chi connectivity index (χ1v) is 7.17. The fourth-order valence-electron chi connectivity index (χ4n) is 2.04. The second-order valence-electron chi connectivity index (χ2n) is 5.52. The van der Waals surface area contributed by atoms with Crippen molar-refractivity contribution in [2.45, 2.75) is 57.9 Å². The minimum Gasteiger partial charge on any atom is -0.370 e. The van der Waals surface area contributed by atoms with E-state index in [0.29, 0.717) is 12.0 Å². The highest BCUT2D eigenvalue weighted by Gasteiger charge is 2.29. The van der Waals surface area contributed by atoms with Gasteiger partial charge < -0.3 is 10.6 Å². The van der Waals surface area contributed by atoms with Crippen LogP contribution in [0.3, 0.4) is 0 Å². The molecule has 0 aromatic carbocycles. The molecule has 1 heterocycles. The zero-order valence-corrected chi connectivity index (χ0v) is 11.3. The van der Waals surface area contributed by atoms with E-state index in [2.05, 4.69) is 24.5 Å². The van der Waals surface area contributed by atoms with Gasteiger partial charge in [-0.3, -0.25) is 0 Å². The molecule has 0 atom stereocenters. The lowest BCUT2D eigenvalue weighted by Crippen LogP contribution is -2.12. The Bertz CT molecular complexity index is 436. The quantitative estimate of drug-likeness (QED) is 0.810. The molecule has 1 aromatic heterocycles. The van der Waals surface area contributed by atoms with Gasteiger partial charge in [0.15, 0.2) is 0 Å². The molecule has 0 bridgehead atoms. The molecule has 0 unspecified atom stereocenters. The van der Waals surface area contributed by atoms with Crippen LogP contribution < -0.4 is 10.6 Å². The van der Waals surface area contributed by atoms with Gasteiger partial charge in [0, 0.05) is 24.1 Å². The Labute approximate surface area is 109 Å². The summed E-state index contributed by atoms with van der Waals surface area (Å²) < 4.78 is 0. The number of nitrogens with zero attached hydrogens (tertiary/aromatic N) is 2. The summed E-state index contributed by atoms with van der Waals surface area (Å²) in [6, 6.07) is 0.643. The minimum absolute atomic E-state index is 0.604. The van der Waals surface area contributed by atoms with Crippen molar-refractivity contribution >= 4 is 11.6 Å². The van der Waals surface area contributed by atoms with Crippen LogP contribution in [-0.4, -0.2) is 22.6 Å². The summed E-state index contributed by atoms with van der Waals surface area (Å²) in [5, 5.41) is 6.96. The number of hydrogen-bond donors (Lipinski definition) is 2. The van der Waals surface area contributed by atoms with Crippen molar-refractivity contribution in [3.8, 4) is 0 Å². The van der Waals surface area contributed by atoms with Gasteiger partial charge in [-0.05, 0) is 39.0 Å². The van der Waals surface area contributed by atoms with Crippen LogP contribution in [0.1, 0.15) is 56.3 Å². The molecule has 2 aliphatic rings. The van der Waals surface area contributed by atoms with Crippen molar-refractivity contribution in [1.29, 1.82) is 0 Å². The lowest BCUT2D eigenvalue weighted by molar-refractivity contribution is 0.895. The second-order valence-corrected chi connectivity index (χ2v) is 5.52. The van der Waals surface area contributed by atoms with E-state index in [-0.39, 0.29) is 0 Å². The zero-order chi connectivity index (χ0) is 12.5. The van der Waals surface area contributed by atoms with Gasteiger partial charge in [0.25, 0.3) is 0 Å². The third-order valence-electron chi connectivity index (χ3n) is 3.57. The van der Waals surface area contributed by atoms with E-state index in [1.54, 1.807) is 0 Å². The fourth-order valence-corrected chi connectivity index (χ4v) is 2.04. The third kappa shape index (κ3) is 2.57. The number of anilines is 2. The lowest BCUT2D eigenvalue weighted by atomic mass is 10.2. The van der Waals surface area contributed by atoms with Crippen molar-refractivity contribution in [3.05, 3.63) is 11.4 Å². The summed E-state index contributed by atoms with van der Waals surface area (Å²) in [5.74, 6) is 3.71. The first kappa shape index (κ1) is 11.8. The normalized spacial score (nSPS) is 18.8. The smallest absolute Gasteiger partial charge is 0.136 e. The van der Waals surface area contributed by atoms with Gasteiger partial charge in [-0.1, -0.05) is 6.92 Å². The fraction of sp³-hybridized carbons (Fsp3) is 0.714. The highest BCUT2D eigenvalue weighted by atomic mass is 15.1. The maximum atomic E-state index is 4.72. The largest absolute Gasteiger partial charge is 0.370 e. The molecule has 4 nitrogen and oxygen atoms in total. The average Bonchev–Trinajstić information content (AvgIpc) is 3.23. The molecule has 0 aliphatic heterocycles. The highest BCUT2D eigenvalue weighted by Crippen LogP contribution is 2.40. The maximum absolute atomic E-state index is 4.72. The Hall–Kier alpha value is -1.32. The van der Waals surface area contributed by atoms with Crippen LogP contribution in [0.15, 0.2) is 0 Å². The first-order chi connectivity index (χ1) is 8.78. The molecule has 2 saturated carbocycles. The maximum Gasteiger partial charge on any atom is 0.136 e. The van der Waals surface area contributed by atoms with E-state index in [1.165, 1.54) is 31.2 Å². The SMILES string of the molecule is CCCNc1nc(C2CC2)nc(NC2CC2)c1C. The van der Waals surface area contributed by atoms with Crippen LogP contribution in [0.5, 0.6) is 0 Å². The third-order valence-corrected chi connectivity index (χ3v) is 3.57. The second kappa shape index (κ2) is 4.75. The van der Waals surface area contributed by atoms with E-state index >= 15 is 0 Å². The lowest BCUT2D eigenvalue weighted by Gasteiger charge is -2.14. The van der Waals surface area contributed by atoms with Gasteiger partial charge in [-0.15, -0.1) is 0 Å². The Balaban J connectivity index is 1.86. The van der Waals surface area contributed by atoms with E-state index in [4.69, 9.17) is 9.97 Å². The van der Waals surface area contributed by atoms with Crippen LogP contribution in [0, 0.1) is 6.92 Å². The monoisotopic (exact) mass is 246 g/mol. The van der Waals surface area contributed by atoms with Crippen molar-refractivity contribution in [1.82, 2.24) is 9.97 Å². The molecule has 3 rings (SSSR count). The van der Waals surface area contributed by atoms with Gasteiger partial charge in [0.1, 0.15) is 17.5 Å². The summed E-state index contributed by atoms with van der Waals surface area (Å²) in [7, 11) is 0. The summed E-state index contributed by atoms with van der Waals surface area (Å²) in [5.41, 5.74) is 1.17. The van der Waals surface area contributed by atoms with Gasteiger partial charge in [0.05, 0.1) is 0 Å². The molecule has 2 fully saturated rings. The summed E-state index contributed by atoms with van der Waals surface area (Å²) in [6.07, 6.45) is 6.17. The van der Waals surface area contributed by atoms with Crippen LogP contribution in [0.25, 0.3) is 0 Å². The van der Waals surface area contributed by atoms with Crippen molar-refractivity contribution in [2.75, 3.05) is 17.2 Å². The number of hydrogen-bond acceptors (Lipinski definition) is 4. The number of rotatable bonds is 6. The van der Waals surface area contributed by atoms with Gasteiger partial charge in [-0.25, -0.2) is 9.97 Å². The molecule has 0 radical (unpaired) electrons. The number of aromatic nitrogens is 2. The number of nitrogens with one attached hydrogen (secondary N) is 2. The summed E-state index contributed by atoms with van der Waals surface area (Å²) in [4.78, 5) is 9.42. The minimum atomic E-state index is 0.604. The van der Waals surface area contributed by atoms with Crippen molar-refractivity contribution in [2.24, 2.45) is 0 Å². The van der Waals surface area contributed by atoms with Crippen LogP contribution in [0.4, 0.5) is 11.6 Å². The van der Waals surface area contributed by atoms with Crippen LogP contribution in [0.2, 0.25) is 0 Å². The van der Waals surface area contributed by atoms with Crippen molar-refractivity contribution in [3.63, 3.8) is 0 Å². The predicted molar refractivity (Wildman–Crippen MR) is 74.2 cm³/mol. The molecule has 2 aliphatic carbocycles. The van der Waals surface area contributed by atoms with E-state index < -0.39 is 0 Å². The zero-order valence-electron chi connectivity index (χ0n) is 11.3. The average molecular weight is 246 g/mol. The van der Waals surface area contributed by atoms with Crippen LogP contribution >= 0.6 is 0 Å². The molecule has 0 saturated heterocycles. The summed E-state index contributed by atoms with van der Waals surface area (Å²) >= 11 is 0.